The molecule has 31 heavy (non-hydrogen) atoms. The molecule has 0 bridgehead atoms. The largest absolute Gasteiger partial charge is 0.478 e. The average molecular weight is 434 g/mol. The number of carboxylic acids is 1. The van der Waals surface area contributed by atoms with Crippen molar-refractivity contribution < 1.29 is 9.90 Å². The summed E-state index contributed by atoms with van der Waals surface area (Å²) in [7, 11) is 1.68. The van der Waals surface area contributed by atoms with Crippen LogP contribution in [0.15, 0.2) is 71.5 Å². The number of rotatable bonds is 5. The Kier molecular flexibility index (Phi) is 5.48. The van der Waals surface area contributed by atoms with E-state index >= 15 is 0 Å². The predicted molar refractivity (Wildman–Crippen MR) is 123 cm³/mol. The number of aromatic nitrogens is 2. The number of anilines is 1. The molecule has 0 aliphatic carbocycles. The quantitative estimate of drug-likeness (QED) is 0.456. The van der Waals surface area contributed by atoms with Gasteiger partial charge in [-0.05, 0) is 31.2 Å². The van der Waals surface area contributed by atoms with E-state index in [1.165, 1.54) is 10.6 Å². The lowest BCUT2D eigenvalue weighted by molar-refractivity contribution is 0.0698. The molecule has 0 aliphatic rings. The topological polar surface area (TPSA) is 84.2 Å². The molecule has 0 spiro atoms. The van der Waals surface area contributed by atoms with Crippen LogP contribution in [-0.2, 0) is 7.05 Å². The Morgan fingerprint density at radius 1 is 1.10 bits per heavy atom. The van der Waals surface area contributed by atoms with E-state index in [-0.39, 0.29) is 17.2 Å². The first-order valence-electron chi connectivity index (χ1n) is 9.71. The highest BCUT2D eigenvalue weighted by Gasteiger charge is 2.19. The van der Waals surface area contributed by atoms with Gasteiger partial charge < -0.3 is 10.4 Å². The number of hydrogen-bond donors (Lipinski definition) is 2. The first kappa shape index (κ1) is 20.6. The number of aromatic carboxylic acids is 1. The maximum Gasteiger partial charge on any atom is 0.337 e. The summed E-state index contributed by atoms with van der Waals surface area (Å²) >= 11 is 6.34. The number of nitrogens with zero attached hydrogens (tertiary/aromatic N) is 2. The lowest BCUT2D eigenvalue weighted by Crippen LogP contribution is -2.21. The van der Waals surface area contributed by atoms with Gasteiger partial charge >= 0.3 is 5.97 Å². The van der Waals surface area contributed by atoms with Crippen molar-refractivity contribution in [2.24, 2.45) is 7.05 Å². The van der Waals surface area contributed by atoms with Gasteiger partial charge in [0.2, 0.25) is 0 Å². The highest BCUT2D eigenvalue weighted by Crippen LogP contribution is 2.30. The number of carbonyl (C=O) groups is 1. The third-order valence-electron chi connectivity index (χ3n) is 5.20. The predicted octanol–water partition coefficient (Wildman–Crippen LogP) is 5.13. The summed E-state index contributed by atoms with van der Waals surface area (Å²) in [5.41, 5.74) is 2.49. The summed E-state index contributed by atoms with van der Waals surface area (Å²) in [4.78, 5) is 29.5. The van der Waals surface area contributed by atoms with Crippen LogP contribution in [0.25, 0.3) is 22.3 Å². The van der Waals surface area contributed by atoms with Gasteiger partial charge in [0.1, 0.15) is 5.82 Å². The van der Waals surface area contributed by atoms with E-state index in [1.807, 2.05) is 37.3 Å². The van der Waals surface area contributed by atoms with E-state index in [4.69, 9.17) is 16.6 Å². The van der Waals surface area contributed by atoms with Crippen LogP contribution in [0.3, 0.4) is 0 Å². The fourth-order valence-corrected chi connectivity index (χ4v) is 3.87. The second-order valence-electron chi connectivity index (χ2n) is 7.27. The van der Waals surface area contributed by atoms with Crippen LogP contribution in [0, 0.1) is 0 Å². The molecule has 156 valence electrons. The molecule has 1 aromatic heterocycles. The van der Waals surface area contributed by atoms with Crippen LogP contribution in [0.2, 0.25) is 5.02 Å². The van der Waals surface area contributed by atoms with Gasteiger partial charge in [-0.2, -0.15) is 0 Å². The van der Waals surface area contributed by atoms with Crippen LogP contribution in [0.1, 0.15) is 28.9 Å². The van der Waals surface area contributed by atoms with Crippen LogP contribution in [0.4, 0.5) is 5.69 Å². The van der Waals surface area contributed by atoms with E-state index in [0.29, 0.717) is 33.0 Å². The van der Waals surface area contributed by atoms with Crippen LogP contribution in [-0.4, -0.2) is 20.6 Å². The van der Waals surface area contributed by atoms with Gasteiger partial charge in [-0.15, -0.1) is 0 Å². The van der Waals surface area contributed by atoms with Crippen molar-refractivity contribution in [1.82, 2.24) is 9.55 Å². The number of nitrogens with one attached hydrogen (secondary N) is 1. The Labute approximate surface area is 183 Å². The van der Waals surface area contributed by atoms with Gasteiger partial charge in [0.25, 0.3) is 5.56 Å². The van der Waals surface area contributed by atoms with Crippen LogP contribution in [0.5, 0.6) is 0 Å². The van der Waals surface area contributed by atoms with Gasteiger partial charge in [0.05, 0.1) is 22.5 Å². The molecule has 0 saturated carbocycles. The van der Waals surface area contributed by atoms with Gasteiger partial charge in [0, 0.05) is 28.9 Å². The Morgan fingerprint density at radius 2 is 1.77 bits per heavy atom. The number of halogens is 1. The lowest BCUT2D eigenvalue weighted by Gasteiger charge is -2.20. The monoisotopic (exact) mass is 433 g/mol. The number of fused-ring (bicyclic) bond motifs is 1. The van der Waals surface area contributed by atoms with Crippen molar-refractivity contribution in [3.63, 3.8) is 0 Å². The third-order valence-corrected chi connectivity index (χ3v) is 5.42. The van der Waals surface area contributed by atoms with Gasteiger partial charge in [-0.3, -0.25) is 9.36 Å². The van der Waals surface area contributed by atoms with E-state index in [2.05, 4.69) is 5.32 Å². The minimum atomic E-state index is -1.02. The molecule has 0 amide bonds. The number of benzene rings is 3. The fourth-order valence-electron chi connectivity index (χ4n) is 3.65. The number of hydrogen-bond acceptors (Lipinski definition) is 4. The van der Waals surface area contributed by atoms with E-state index in [0.717, 1.165) is 5.56 Å². The van der Waals surface area contributed by atoms with E-state index < -0.39 is 5.97 Å². The van der Waals surface area contributed by atoms with Crippen molar-refractivity contribution in [2.45, 2.75) is 13.0 Å². The molecule has 0 unspecified atom stereocenters. The minimum Gasteiger partial charge on any atom is -0.478 e. The summed E-state index contributed by atoms with van der Waals surface area (Å²) in [6.07, 6.45) is 0. The maximum absolute atomic E-state index is 13.1. The SMILES string of the molecule is C[C@@H](Nc1ccccc1C(=O)O)c1cc(Cl)cc2c(=O)n(C)c(-c3ccccc3)nc12. The summed E-state index contributed by atoms with van der Waals surface area (Å²) in [6, 6.07) is 19.2. The number of carboxylic acid groups (broad SMARTS) is 1. The molecule has 1 atom stereocenters. The highest BCUT2D eigenvalue weighted by atomic mass is 35.5. The van der Waals surface area contributed by atoms with Crippen LogP contribution >= 0.6 is 11.6 Å². The fraction of sp³-hybridized carbons (Fsp3) is 0.125. The molecule has 0 radical (unpaired) electrons. The molecule has 4 rings (SSSR count). The summed E-state index contributed by atoms with van der Waals surface area (Å²) < 4.78 is 1.51. The lowest BCUT2D eigenvalue weighted by atomic mass is 10.0. The molecule has 7 heteroatoms. The average Bonchev–Trinajstić information content (AvgIpc) is 2.77. The molecule has 0 saturated heterocycles. The van der Waals surface area contributed by atoms with E-state index in [1.54, 1.807) is 37.4 Å². The molecule has 0 aliphatic heterocycles. The van der Waals surface area contributed by atoms with Crippen molar-refractivity contribution in [1.29, 1.82) is 0 Å². The van der Waals surface area contributed by atoms with Gasteiger partial charge in [-0.1, -0.05) is 54.1 Å². The van der Waals surface area contributed by atoms with Crippen molar-refractivity contribution >= 4 is 34.2 Å². The Balaban J connectivity index is 1.89. The van der Waals surface area contributed by atoms with Crippen molar-refractivity contribution in [2.75, 3.05) is 5.32 Å². The van der Waals surface area contributed by atoms with Crippen molar-refractivity contribution in [3.8, 4) is 11.4 Å². The zero-order valence-corrected chi connectivity index (χ0v) is 17.7. The van der Waals surface area contributed by atoms with Crippen LogP contribution < -0.4 is 10.9 Å². The highest BCUT2D eigenvalue weighted by molar-refractivity contribution is 6.31. The molecule has 0 fully saturated rings. The van der Waals surface area contributed by atoms with Gasteiger partial charge in [-0.25, -0.2) is 9.78 Å². The Morgan fingerprint density at radius 3 is 2.48 bits per heavy atom. The zero-order valence-electron chi connectivity index (χ0n) is 17.0. The molecule has 4 aromatic rings. The first-order valence-corrected chi connectivity index (χ1v) is 10.1. The standard InChI is InChI=1S/C24H20ClN3O3/c1-14(26-20-11-7-6-10-17(20)24(30)31)18-12-16(25)13-19-21(18)27-22(28(2)23(19)29)15-8-4-3-5-9-15/h3-14,26H,1-2H3,(H,30,31)/t14-/m1/s1. The maximum atomic E-state index is 13.1. The van der Waals surface area contributed by atoms with Crippen molar-refractivity contribution in [3.05, 3.63) is 93.2 Å². The van der Waals surface area contributed by atoms with E-state index in [9.17, 15) is 14.7 Å². The number of para-hydroxylation sites is 1. The summed E-state index contributed by atoms with van der Waals surface area (Å²) in [6.45, 7) is 1.88. The minimum absolute atomic E-state index is 0.162. The molecule has 3 aromatic carbocycles. The Hall–Kier alpha value is -3.64. The molecule has 2 N–H and O–H groups in total. The molecule has 1 heterocycles. The summed E-state index contributed by atoms with van der Waals surface area (Å²) in [5.74, 6) is -0.482. The van der Waals surface area contributed by atoms with Gasteiger partial charge in [0.15, 0.2) is 0 Å². The molecular formula is C24H20ClN3O3. The first-order chi connectivity index (χ1) is 14.9. The zero-order chi connectivity index (χ0) is 22.1. The molecular weight excluding hydrogens is 414 g/mol. The summed E-state index contributed by atoms with van der Waals surface area (Å²) in [5, 5.41) is 13.5. The third kappa shape index (κ3) is 3.90. The normalized spacial score (nSPS) is 12.0. The smallest absolute Gasteiger partial charge is 0.337 e. The molecule has 6 nitrogen and oxygen atoms in total. The second kappa shape index (κ2) is 8.24. The second-order valence-corrected chi connectivity index (χ2v) is 7.71. The Bertz CT molecular complexity index is 1350.